The van der Waals surface area contributed by atoms with Gasteiger partial charge in [0.2, 0.25) is 0 Å². The highest BCUT2D eigenvalue weighted by Crippen LogP contribution is 2.37. The molecule has 1 aliphatic rings. The fourth-order valence-corrected chi connectivity index (χ4v) is 5.08. The van der Waals surface area contributed by atoms with Crippen LogP contribution in [0.2, 0.25) is 5.02 Å². The van der Waals surface area contributed by atoms with Crippen LogP contribution in [0.15, 0.2) is 65.6 Å². The standard InChI is InChI=1S/C28H25ClN2O4S2/c1-4-34-24-14-19(15-25-27(33)31(28(36)37-25)20-11-8-17(2)9-12-20)10-13-23(24)35-16-26(32)30-22-7-5-6-21(29)18(22)3/h5-15H,4,16H2,1-3H3,(H,30,32)/b25-15-. The maximum Gasteiger partial charge on any atom is 0.270 e. The maximum absolute atomic E-state index is 13.1. The molecule has 0 spiro atoms. The molecule has 1 heterocycles. The third kappa shape index (κ3) is 6.33. The van der Waals surface area contributed by atoms with E-state index in [1.165, 1.54) is 16.7 Å². The first-order valence-electron chi connectivity index (χ1n) is 11.6. The van der Waals surface area contributed by atoms with Crippen molar-refractivity contribution in [2.24, 2.45) is 0 Å². The molecule has 3 aromatic rings. The fourth-order valence-electron chi connectivity index (χ4n) is 3.61. The summed E-state index contributed by atoms with van der Waals surface area (Å²) in [6.07, 6.45) is 1.77. The zero-order valence-corrected chi connectivity index (χ0v) is 22.9. The van der Waals surface area contributed by atoms with E-state index in [4.69, 9.17) is 33.3 Å². The largest absolute Gasteiger partial charge is 0.490 e. The van der Waals surface area contributed by atoms with Gasteiger partial charge in [0, 0.05) is 10.7 Å². The number of benzene rings is 3. The van der Waals surface area contributed by atoms with Gasteiger partial charge in [0.1, 0.15) is 0 Å². The van der Waals surface area contributed by atoms with Crippen LogP contribution in [0.1, 0.15) is 23.6 Å². The molecule has 9 heteroatoms. The summed E-state index contributed by atoms with van der Waals surface area (Å²) in [6, 6.07) is 18.3. The maximum atomic E-state index is 13.1. The molecule has 2 amide bonds. The first kappa shape index (κ1) is 26.7. The van der Waals surface area contributed by atoms with Gasteiger partial charge in [-0.15, -0.1) is 0 Å². The average molecular weight is 553 g/mol. The molecule has 37 heavy (non-hydrogen) atoms. The Hall–Kier alpha value is -3.33. The summed E-state index contributed by atoms with van der Waals surface area (Å²) in [6.45, 7) is 5.88. The Morgan fingerprint density at radius 2 is 1.84 bits per heavy atom. The smallest absolute Gasteiger partial charge is 0.270 e. The van der Waals surface area contributed by atoms with E-state index in [1.54, 1.807) is 42.5 Å². The van der Waals surface area contributed by atoms with Crippen LogP contribution in [0.4, 0.5) is 11.4 Å². The molecule has 4 rings (SSSR count). The minimum absolute atomic E-state index is 0.176. The van der Waals surface area contributed by atoms with E-state index >= 15 is 0 Å². The molecule has 1 N–H and O–H groups in total. The molecule has 0 bridgehead atoms. The van der Waals surface area contributed by atoms with Gasteiger partial charge >= 0.3 is 0 Å². The van der Waals surface area contributed by atoms with Gasteiger partial charge in [-0.2, -0.15) is 0 Å². The molecular weight excluding hydrogens is 528 g/mol. The van der Waals surface area contributed by atoms with Gasteiger partial charge < -0.3 is 14.8 Å². The van der Waals surface area contributed by atoms with Crippen LogP contribution in [-0.4, -0.2) is 29.3 Å². The lowest BCUT2D eigenvalue weighted by atomic mass is 10.1. The molecule has 0 unspecified atom stereocenters. The number of amides is 2. The quantitative estimate of drug-likeness (QED) is 0.245. The Morgan fingerprint density at radius 1 is 1.08 bits per heavy atom. The van der Waals surface area contributed by atoms with Crippen molar-refractivity contribution in [3.05, 3.63) is 87.3 Å². The van der Waals surface area contributed by atoms with Crippen molar-refractivity contribution in [2.75, 3.05) is 23.4 Å². The first-order valence-corrected chi connectivity index (χ1v) is 13.2. The second kappa shape index (κ2) is 11.8. The molecule has 0 aromatic heterocycles. The van der Waals surface area contributed by atoms with Gasteiger partial charge in [-0.3, -0.25) is 14.5 Å². The van der Waals surface area contributed by atoms with E-state index in [-0.39, 0.29) is 18.4 Å². The van der Waals surface area contributed by atoms with Crippen molar-refractivity contribution in [2.45, 2.75) is 20.8 Å². The number of carbonyl (C=O) groups excluding carboxylic acids is 2. The summed E-state index contributed by atoms with van der Waals surface area (Å²) in [5.41, 5.74) is 4.00. The molecule has 1 saturated heterocycles. The third-order valence-corrected chi connectivity index (χ3v) is 7.26. The van der Waals surface area contributed by atoms with Crippen LogP contribution in [0.25, 0.3) is 6.08 Å². The highest BCUT2D eigenvalue weighted by Gasteiger charge is 2.33. The van der Waals surface area contributed by atoms with Gasteiger partial charge in [0.05, 0.1) is 17.2 Å². The number of anilines is 2. The Balaban J connectivity index is 1.48. The Morgan fingerprint density at radius 3 is 2.57 bits per heavy atom. The zero-order chi connectivity index (χ0) is 26.5. The second-order valence-corrected chi connectivity index (χ2v) is 10.3. The molecule has 0 atom stereocenters. The van der Waals surface area contributed by atoms with E-state index < -0.39 is 0 Å². The van der Waals surface area contributed by atoms with Crippen LogP contribution in [-0.2, 0) is 9.59 Å². The molecule has 0 radical (unpaired) electrons. The number of rotatable bonds is 8. The SMILES string of the molecule is CCOc1cc(/C=C2\SC(=S)N(c3ccc(C)cc3)C2=O)ccc1OCC(=O)Nc1cccc(Cl)c1C. The molecule has 0 saturated carbocycles. The number of hydrogen-bond donors (Lipinski definition) is 1. The van der Waals surface area contributed by atoms with Crippen LogP contribution < -0.4 is 19.7 Å². The van der Waals surface area contributed by atoms with Gasteiger partial charge in [0.15, 0.2) is 22.4 Å². The Kier molecular flexibility index (Phi) is 8.53. The van der Waals surface area contributed by atoms with Crippen LogP contribution in [0.3, 0.4) is 0 Å². The molecular formula is C28H25ClN2O4S2. The fraction of sp³-hybridized carbons (Fsp3) is 0.179. The van der Waals surface area contributed by atoms with Crippen molar-refractivity contribution < 1.29 is 19.1 Å². The van der Waals surface area contributed by atoms with Crippen molar-refractivity contribution >= 4 is 69.2 Å². The van der Waals surface area contributed by atoms with Crippen molar-refractivity contribution in [3.63, 3.8) is 0 Å². The minimum Gasteiger partial charge on any atom is -0.490 e. The van der Waals surface area contributed by atoms with E-state index in [2.05, 4.69) is 5.32 Å². The first-order chi connectivity index (χ1) is 17.8. The highest BCUT2D eigenvalue weighted by atomic mass is 35.5. The number of thiocarbonyl (C=S) groups is 1. The van der Waals surface area contributed by atoms with E-state index in [1.807, 2.05) is 45.0 Å². The van der Waals surface area contributed by atoms with Crippen molar-refractivity contribution in [1.29, 1.82) is 0 Å². The van der Waals surface area contributed by atoms with Crippen LogP contribution in [0, 0.1) is 13.8 Å². The molecule has 3 aromatic carbocycles. The van der Waals surface area contributed by atoms with E-state index in [0.29, 0.717) is 38.0 Å². The Labute approximate surface area is 230 Å². The number of carbonyl (C=O) groups is 2. The Bertz CT molecular complexity index is 1390. The third-order valence-electron chi connectivity index (χ3n) is 5.55. The minimum atomic E-state index is -0.323. The lowest BCUT2D eigenvalue weighted by molar-refractivity contribution is -0.118. The van der Waals surface area contributed by atoms with Gasteiger partial charge in [-0.1, -0.05) is 65.4 Å². The normalized spacial score (nSPS) is 14.3. The lowest BCUT2D eigenvalue weighted by Gasteiger charge is -2.14. The predicted octanol–water partition coefficient (Wildman–Crippen LogP) is 6.78. The molecule has 190 valence electrons. The summed E-state index contributed by atoms with van der Waals surface area (Å²) >= 11 is 12.8. The summed E-state index contributed by atoms with van der Waals surface area (Å²) in [4.78, 5) is 27.6. The van der Waals surface area contributed by atoms with Gasteiger partial charge in [-0.25, -0.2) is 0 Å². The number of halogens is 1. The second-order valence-electron chi connectivity index (χ2n) is 8.24. The van der Waals surface area contributed by atoms with Gasteiger partial charge in [-0.05, 0) is 74.4 Å². The molecule has 1 fully saturated rings. The number of ether oxygens (including phenoxy) is 2. The molecule has 1 aliphatic heterocycles. The molecule has 6 nitrogen and oxygen atoms in total. The lowest BCUT2D eigenvalue weighted by Crippen LogP contribution is -2.27. The van der Waals surface area contributed by atoms with Crippen molar-refractivity contribution in [1.82, 2.24) is 0 Å². The summed E-state index contributed by atoms with van der Waals surface area (Å²) in [7, 11) is 0. The van der Waals surface area contributed by atoms with Crippen molar-refractivity contribution in [3.8, 4) is 11.5 Å². The summed E-state index contributed by atoms with van der Waals surface area (Å²) < 4.78 is 12.0. The number of hydrogen-bond acceptors (Lipinski definition) is 6. The average Bonchev–Trinajstić information content (AvgIpc) is 3.14. The highest BCUT2D eigenvalue weighted by molar-refractivity contribution is 8.27. The van der Waals surface area contributed by atoms with Crippen LogP contribution in [0.5, 0.6) is 11.5 Å². The number of aryl methyl sites for hydroxylation is 1. The molecule has 0 aliphatic carbocycles. The number of nitrogens with zero attached hydrogens (tertiary/aromatic N) is 1. The van der Waals surface area contributed by atoms with Gasteiger partial charge in [0.25, 0.3) is 11.8 Å². The summed E-state index contributed by atoms with van der Waals surface area (Å²) in [5, 5.41) is 3.38. The van der Waals surface area contributed by atoms with Crippen LogP contribution >= 0.6 is 35.6 Å². The summed E-state index contributed by atoms with van der Waals surface area (Å²) in [5.74, 6) is 0.392. The van der Waals surface area contributed by atoms with E-state index in [9.17, 15) is 9.59 Å². The monoisotopic (exact) mass is 552 g/mol. The van der Waals surface area contributed by atoms with E-state index in [0.717, 1.165) is 22.4 Å². The topological polar surface area (TPSA) is 67.9 Å². The predicted molar refractivity (Wildman–Crippen MR) is 155 cm³/mol. The zero-order valence-electron chi connectivity index (χ0n) is 20.5. The number of nitrogens with one attached hydrogen (secondary N) is 1. The number of thioether (sulfide) groups is 1.